The Hall–Kier alpha value is -0.860. The lowest BCUT2D eigenvalue weighted by Crippen LogP contribution is -2.36. The fraction of sp³-hybridized carbons (Fsp3) is 0.600. The van der Waals surface area contributed by atoms with Crippen LogP contribution in [-0.2, 0) is 4.74 Å². The van der Waals surface area contributed by atoms with Crippen molar-refractivity contribution in [3.8, 4) is 0 Å². The van der Waals surface area contributed by atoms with Crippen LogP contribution in [0.15, 0.2) is 30.3 Å². The van der Waals surface area contributed by atoms with Gasteiger partial charge in [-0.15, -0.1) is 0 Å². The molecule has 1 aliphatic carbocycles. The van der Waals surface area contributed by atoms with E-state index in [-0.39, 0.29) is 0 Å². The van der Waals surface area contributed by atoms with Gasteiger partial charge in [-0.25, -0.2) is 0 Å². The van der Waals surface area contributed by atoms with Crippen molar-refractivity contribution in [3.63, 3.8) is 0 Å². The van der Waals surface area contributed by atoms with E-state index in [2.05, 4.69) is 42.6 Å². The van der Waals surface area contributed by atoms with Crippen LogP contribution in [0.2, 0.25) is 0 Å². The van der Waals surface area contributed by atoms with Gasteiger partial charge in [0.25, 0.3) is 0 Å². The summed E-state index contributed by atoms with van der Waals surface area (Å²) in [4.78, 5) is 0. The molecule has 0 aromatic heterocycles. The maximum Gasteiger partial charge on any atom is 0.0572 e. The van der Waals surface area contributed by atoms with Crippen molar-refractivity contribution in [2.24, 2.45) is 0 Å². The van der Waals surface area contributed by atoms with Crippen molar-refractivity contribution < 1.29 is 4.74 Å². The highest BCUT2D eigenvalue weighted by atomic mass is 16.5. The minimum atomic E-state index is 0.445. The van der Waals surface area contributed by atoms with E-state index < -0.39 is 0 Å². The SMILES string of the molecule is COC1CCC(N[C@H](C)c2ccccc2)CC1. The summed E-state index contributed by atoms with van der Waals surface area (Å²) >= 11 is 0. The van der Waals surface area contributed by atoms with E-state index in [1.165, 1.54) is 31.2 Å². The number of benzene rings is 1. The molecule has 1 N–H and O–H groups in total. The number of methoxy groups -OCH3 is 1. The number of nitrogens with one attached hydrogen (secondary N) is 1. The highest BCUT2D eigenvalue weighted by Crippen LogP contribution is 2.23. The second-order valence-electron chi connectivity index (χ2n) is 5.01. The third-order valence-corrected chi connectivity index (χ3v) is 3.79. The Bertz CT molecular complexity index is 317. The molecule has 0 unspecified atom stereocenters. The predicted octanol–water partition coefficient (Wildman–Crippen LogP) is 3.29. The van der Waals surface area contributed by atoms with Gasteiger partial charge in [-0.2, -0.15) is 0 Å². The third-order valence-electron chi connectivity index (χ3n) is 3.79. The van der Waals surface area contributed by atoms with Crippen LogP contribution >= 0.6 is 0 Å². The first-order valence-electron chi connectivity index (χ1n) is 6.63. The molecule has 1 saturated carbocycles. The molecule has 2 rings (SSSR count). The standard InChI is InChI=1S/C15H23NO/c1-12(13-6-4-3-5-7-13)16-14-8-10-15(17-2)11-9-14/h3-7,12,14-16H,8-11H2,1-2H3/t12-,14?,15?/m1/s1. The van der Waals surface area contributed by atoms with Crippen LogP contribution < -0.4 is 5.32 Å². The number of hydrogen-bond acceptors (Lipinski definition) is 2. The normalized spacial score (nSPS) is 26.7. The lowest BCUT2D eigenvalue weighted by atomic mass is 9.92. The van der Waals surface area contributed by atoms with Crippen molar-refractivity contribution in [3.05, 3.63) is 35.9 Å². The second-order valence-corrected chi connectivity index (χ2v) is 5.01. The van der Waals surface area contributed by atoms with Gasteiger partial charge in [0.2, 0.25) is 0 Å². The molecule has 1 atom stereocenters. The van der Waals surface area contributed by atoms with Crippen LogP contribution in [0.1, 0.15) is 44.2 Å². The monoisotopic (exact) mass is 233 g/mol. The molecule has 2 nitrogen and oxygen atoms in total. The summed E-state index contributed by atoms with van der Waals surface area (Å²) in [5.74, 6) is 0. The lowest BCUT2D eigenvalue weighted by Gasteiger charge is -2.30. The summed E-state index contributed by atoms with van der Waals surface area (Å²) in [6, 6.07) is 11.8. The van der Waals surface area contributed by atoms with Crippen LogP contribution in [0.3, 0.4) is 0 Å². The molecule has 1 aliphatic rings. The van der Waals surface area contributed by atoms with Crippen molar-refractivity contribution in [1.29, 1.82) is 0 Å². The zero-order valence-corrected chi connectivity index (χ0v) is 10.9. The maximum absolute atomic E-state index is 5.40. The van der Waals surface area contributed by atoms with Crippen molar-refractivity contribution in [1.82, 2.24) is 5.32 Å². The second kappa shape index (κ2) is 6.18. The smallest absolute Gasteiger partial charge is 0.0572 e. The molecule has 0 heterocycles. The zero-order valence-electron chi connectivity index (χ0n) is 10.9. The Morgan fingerprint density at radius 2 is 1.76 bits per heavy atom. The quantitative estimate of drug-likeness (QED) is 0.861. The minimum absolute atomic E-state index is 0.445. The van der Waals surface area contributed by atoms with E-state index >= 15 is 0 Å². The summed E-state index contributed by atoms with van der Waals surface area (Å²) in [6.07, 6.45) is 5.33. The van der Waals surface area contributed by atoms with Crippen molar-refractivity contribution >= 4 is 0 Å². The molecule has 0 saturated heterocycles. The number of hydrogen-bond donors (Lipinski definition) is 1. The molecule has 94 valence electrons. The fourth-order valence-electron chi connectivity index (χ4n) is 2.66. The van der Waals surface area contributed by atoms with Gasteiger partial charge >= 0.3 is 0 Å². The fourth-order valence-corrected chi connectivity index (χ4v) is 2.66. The van der Waals surface area contributed by atoms with E-state index in [0.717, 1.165) is 0 Å². The highest BCUT2D eigenvalue weighted by molar-refractivity contribution is 5.18. The van der Waals surface area contributed by atoms with E-state index in [4.69, 9.17) is 4.74 Å². The molecule has 0 bridgehead atoms. The molecule has 1 fully saturated rings. The Kier molecular flexibility index (Phi) is 4.57. The molecule has 1 aromatic carbocycles. The Labute approximate surface area is 104 Å². The first-order valence-corrected chi connectivity index (χ1v) is 6.63. The Balaban J connectivity index is 1.82. The summed E-state index contributed by atoms with van der Waals surface area (Å²) in [7, 11) is 1.82. The summed E-state index contributed by atoms with van der Waals surface area (Å²) in [5.41, 5.74) is 1.38. The van der Waals surface area contributed by atoms with Crippen molar-refractivity contribution in [2.75, 3.05) is 7.11 Å². The summed E-state index contributed by atoms with van der Waals surface area (Å²) in [6.45, 7) is 2.25. The molecular formula is C15H23NO. The predicted molar refractivity (Wildman–Crippen MR) is 71.0 cm³/mol. The molecule has 0 amide bonds. The molecule has 2 heteroatoms. The Morgan fingerprint density at radius 3 is 2.35 bits per heavy atom. The molecule has 0 spiro atoms. The topological polar surface area (TPSA) is 21.3 Å². The first-order chi connectivity index (χ1) is 8.29. The van der Waals surface area contributed by atoms with E-state index in [0.29, 0.717) is 18.2 Å². The van der Waals surface area contributed by atoms with Gasteiger partial charge < -0.3 is 10.1 Å². The van der Waals surface area contributed by atoms with Crippen LogP contribution in [0.25, 0.3) is 0 Å². The van der Waals surface area contributed by atoms with Crippen LogP contribution in [0.5, 0.6) is 0 Å². The average molecular weight is 233 g/mol. The van der Waals surface area contributed by atoms with Crippen LogP contribution in [0, 0.1) is 0 Å². The van der Waals surface area contributed by atoms with Crippen LogP contribution in [0.4, 0.5) is 0 Å². The number of ether oxygens (including phenoxy) is 1. The lowest BCUT2D eigenvalue weighted by molar-refractivity contribution is 0.0614. The van der Waals surface area contributed by atoms with Gasteiger partial charge in [-0.1, -0.05) is 30.3 Å². The van der Waals surface area contributed by atoms with Gasteiger partial charge in [0.05, 0.1) is 6.10 Å². The maximum atomic E-state index is 5.40. The van der Waals surface area contributed by atoms with Crippen LogP contribution in [-0.4, -0.2) is 19.3 Å². The summed E-state index contributed by atoms with van der Waals surface area (Å²) < 4.78 is 5.40. The van der Waals surface area contributed by atoms with E-state index in [1.54, 1.807) is 0 Å². The van der Waals surface area contributed by atoms with E-state index in [9.17, 15) is 0 Å². The number of rotatable bonds is 4. The van der Waals surface area contributed by atoms with Gasteiger partial charge in [0.15, 0.2) is 0 Å². The van der Waals surface area contributed by atoms with Gasteiger partial charge in [-0.3, -0.25) is 0 Å². The Morgan fingerprint density at radius 1 is 1.12 bits per heavy atom. The highest BCUT2D eigenvalue weighted by Gasteiger charge is 2.21. The van der Waals surface area contributed by atoms with Crippen molar-refractivity contribution in [2.45, 2.75) is 50.8 Å². The molecule has 0 aliphatic heterocycles. The third kappa shape index (κ3) is 3.55. The molecule has 0 radical (unpaired) electrons. The van der Waals surface area contributed by atoms with Gasteiger partial charge in [0, 0.05) is 19.2 Å². The minimum Gasteiger partial charge on any atom is -0.381 e. The van der Waals surface area contributed by atoms with Gasteiger partial charge in [-0.05, 0) is 38.2 Å². The van der Waals surface area contributed by atoms with Gasteiger partial charge in [0.1, 0.15) is 0 Å². The largest absolute Gasteiger partial charge is 0.381 e. The zero-order chi connectivity index (χ0) is 12.1. The van der Waals surface area contributed by atoms with E-state index in [1.807, 2.05) is 7.11 Å². The average Bonchev–Trinajstić information content (AvgIpc) is 2.40. The molecular weight excluding hydrogens is 210 g/mol. The first kappa shape index (κ1) is 12.6. The molecule has 1 aromatic rings. The molecule has 17 heavy (non-hydrogen) atoms. The summed E-state index contributed by atoms with van der Waals surface area (Å²) in [5, 5.41) is 3.72.